The molecule has 0 aliphatic carbocycles. The maximum atomic E-state index is 12.1. The molecule has 7 heteroatoms. The summed E-state index contributed by atoms with van der Waals surface area (Å²) in [7, 11) is 0. The fraction of sp³-hybridized carbons (Fsp3) is 0.389. The van der Waals surface area contributed by atoms with Crippen molar-refractivity contribution in [1.82, 2.24) is 15.3 Å². The molecule has 1 aromatic carbocycles. The summed E-state index contributed by atoms with van der Waals surface area (Å²) in [6.07, 6.45) is 2.34. The number of aromatic nitrogens is 2. The Morgan fingerprint density at radius 3 is 2.68 bits per heavy atom. The van der Waals surface area contributed by atoms with Gasteiger partial charge in [0.2, 0.25) is 5.91 Å². The van der Waals surface area contributed by atoms with E-state index in [4.69, 9.17) is 16.3 Å². The van der Waals surface area contributed by atoms with Gasteiger partial charge in [-0.2, -0.15) is 0 Å². The molecule has 2 rings (SSSR count). The summed E-state index contributed by atoms with van der Waals surface area (Å²) in [4.78, 5) is 31.0. The molecular weight excluding hydrogens is 342 g/mol. The van der Waals surface area contributed by atoms with E-state index in [0.29, 0.717) is 29.6 Å². The number of amides is 1. The Morgan fingerprint density at radius 1 is 1.32 bits per heavy atom. The maximum absolute atomic E-state index is 12.1. The topological polar surface area (TPSA) is 84.1 Å². The number of halogens is 1. The highest BCUT2D eigenvalue weighted by Gasteiger charge is 2.09. The van der Waals surface area contributed by atoms with E-state index >= 15 is 0 Å². The van der Waals surface area contributed by atoms with Crippen LogP contribution in [0.3, 0.4) is 0 Å². The molecule has 1 amide bonds. The monoisotopic (exact) mass is 363 g/mol. The first kappa shape index (κ1) is 19.1. The molecule has 0 spiro atoms. The summed E-state index contributed by atoms with van der Waals surface area (Å²) in [5.74, 6) is 0.229. The molecule has 25 heavy (non-hydrogen) atoms. The molecule has 0 saturated heterocycles. The van der Waals surface area contributed by atoms with E-state index in [2.05, 4.69) is 15.3 Å². The van der Waals surface area contributed by atoms with E-state index in [-0.39, 0.29) is 24.0 Å². The summed E-state index contributed by atoms with van der Waals surface area (Å²) in [6, 6.07) is 6.99. The number of nitrogens with one attached hydrogen (secondary N) is 2. The highest BCUT2D eigenvalue weighted by atomic mass is 35.5. The number of carbonyl (C=O) groups excluding carboxylic acids is 1. The lowest BCUT2D eigenvalue weighted by Gasteiger charge is -2.08. The van der Waals surface area contributed by atoms with Crippen molar-refractivity contribution in [2.75, 3.05) is 13.2 Å². The first-order valence-corrected chi connectivity index (χ1v) is 8.56. The van der Waals surface area contributed by atoms with E-state index in [9.17, 15) is 9.59 Å². The minimum atomic E-state index is -0.321. The molecular formula is C18H22ClN3O3. The standard InChI is InChI=1S/C18H22ClN3O3/c1-12(2)25-9-3-8-20-16(23)10-14-11-21-17(22-18(14)24)13-4-6-15(19)7-5-13/h4-7,11-12H,3,8-10H2,1-2H3,(H,20,23)(H,21,22,24). The first-order valence-electron chi connectivity index (χ1n) is 8.18. The van der Waals surface area contributed by atoms with E-state index in [1.54, 1.807) is 24.3 Å². The molecule has 0 saturated carbocycles. The van der Waals surface area contributed by atoms with Crippen LogP contribution in [0.15, 0.2) is 35.3 Å². The number of H-pyrrole nitrogens is 1. The van der Waals surface area contributed by atoms with E-state index in [1.807, 2.05) is 13.8 Å². The number of ether oxygens (including phenoxy) is 1. The summed E-state index contributed by atoms with van der Waals surface area (Å²) < 4.78 is 5.40. The van der Waals surface area contributed by atoms with Crippen molar-refractivity contribution in [2.45, 2.75) is 32.8 Å². The van der Waals surface area contributed by atoms with Gasteiger partial charge in [0.15, 0.2) is 0 Å². The number of rotatable bonds is 8. The first-order chi connectivity index (χ1) is 12.0. The van der Waals surface area contributed by atoms with Crippen LogP contribution >= 0.6 is 11.6 Å². The Balaban J connectivity index is 1.89. The zero-order valence-electron chi connectivity index (χ0n) is 14.3. The van der Waals surface area contributed by atoms with Crippen molar-refractivity contribution >= 4 is 17.5 Å². The minimum Gasteiger partial charge on any atom is -0.379 e. The molecule has 0 radical (unpaired) electrons. The molecule has 0 bridgehead atoms. The van der Waals surface area contributed by atoms with Crippen LogP contribution in [0.1, 0.15) is 25.8 Å². The van der Waals surface area contributed by atoms with Gasteiger partial charge in [0.1, 0.15) is 5.82 Å². The number of carbonyl (C=O) groups is 1. The molecule has 1 heterocycles. The third-order valence-electron chi connectivity index (χ3n) is 3.44. The van der Waals surface area contributed by atoms with Crippen molar-refractivity contribution in [3.8, 4) is 11.4 Å². The lowest BCUT2D eigenvalue weighted by molar-refractivity contribution is -0.120. The highest BCUT2D eigenvalue weighted by Crippen LogP contribution is 2.16. The van der Waals surface area contributed by atoms with Crippen molar-refractivity contribution < 1.29 is 9.53 Å². The fourth-order valence-electron chi connectivity index (χ4n) is 2.16. The molecule has 0 aliphatic heterocycles. The lowest BCUT2D eigenvalue weighted by atomic mass is 10.2. The van der Waals surface area contributed by atoms with Gasteiger partial charge in [-0.3, -0.25) is 9.59 Å². The minimum absolute atomic E-state index is 0.00569. The molecule has 0 fully saturated rings. The number of hydrogen-bond acceptors (Lipinski definition) is 4. The van der Waals surface area contributed by atoms with Crippen LogP contribution in [0.4, 0.5) is 0 Å². The van der Waals surface area contributed by atoms with E-state index < -0.39 is 0 Å². The van der Waals surface area contributed by atoms with Gasteiger partial charge in [-0.1, -0.05) is 11.6 Å². The number of aromatic amines is 1. The fourth-order valence-corrected chi connectivity index (χ4v) is 2.28. The SMILES string of the molecule is CC(C)OCCCNC(=O)Cc1cnc(-c2ccc(Cl)cc2)[nH]c1=O. The quantitative estimate of drug-likeness (QED) is 0.706. The van der Waals surface area contributed by atoms with Gasteiger partial charge in [0.25, 0.3) is 5.56 Å². The molecule has 2 aromatic rings. The number of benzene rings is 1. The second-order valence-corrected chi connectivity index (χ2v) is 6.33. The summed E-state index contributed by atoms with van der Waals surface area (Å²) >= 11 is 5.85. The van der Waals surface area contributed by atoms with Crippen LogP contribution < -0.4 is 10.9 Å². The maximum Gasteiger partial charge on any atom is 0.254 e. The van der Waals surface area contributed by atoms with Gasteiger partial charge >= 0.3 is 0 Å². The molecule has 0 atom stereocenters. The van der Waals surface area contributed by atoms with Crippen LogP contribution in [0.2, 0.25) is 5.02 Å². The summed E-state index contributed by atoms with van der Waals surface area (Å²) in [5.41, 5.74) is 0.759. The van der Waals surface area contributed by atoms with Crippen LogP contribution in [0.25, 0.3) is 11.4 Å². The van der Waals surface area contributed by atoms with Gasteiger partial charge < -0.3 is 15.0 Å². The number of hydrogen-bond donors (Lipinski definition) is 2. The summed E-state index contributed by atoms with van der Waals surface area (Å²) in [5, 5.41) is 3.38. The molecule has 2 N–H and O–H groups in total. The second-order valence-electron chi connectivity index (χ2n) is 5.89. The van der Waals surface area contributed by atoms with Crippen molar-refractivity contribution in [3.63, 3.8) is 0 Å². The molecule has 134 valence electrons. The van der Waals surface area contributed by atoms with Crippen molar-refractivity contribution in [3.05, 3.63) is 51.4 Å². The normalized spacial score (nSPS) is 10.9. The zero-order chi connectivity index (χ0) is 18.2. The Kier molecular flexibility index (Phi) is 7.16. The average molecular weight is 364 g/mol. The predicted molar refractivity (Wildman–Crippen MR) is 97.7 cm³/mol. The second kappa shape index (κ2) is 9.34. The van der Waals surface area contributed by atoms with Gasteiger partial charge in [0, 0.05) is 35.5 Å². The van der Waals surface area contributed by atoms with Gasteiger partial charge in [-0.05, 0) is 44.5 Å². The van der Waals surface area contributed by atoms with Crippen LogP contribution in [0, 0.1) is 0 Å². The van der Waals surface area contributed by atoms with Crippen LogP contribution in [-0.4, -0.2) is 35.1 Å². The van der Waals surface area contributed by atoms with Gasteiger partial charge in [-0.25, -0.2) is 4.98 Å². The Hall–Kier alpha value is -2.18. The van der Waals surface area contributed by atoms with E-state index in [1.165, 1.54) is 6.20 Å². The Bertz CT molecular complexity index is 757. The largest absolute Gasteiger partial charge is 0.379 e. The van der Waals surface area contributed by atoms with Crippen molar-refractivity contribution in [2.24, 2.45) is 0 Å². The smallest absolute Gasteiger partial charge is 0.254 e. The van der Waals surface area contributed by atoms with Gasteiger partial charge in [-0.15, -0.1) is 0 Å². The lowest BCUT2D eigenvalue weighted by Crippen LogP contribution is -2.29. The Morgan fingerprint density at radius 2 is 2.04 bits per heavy atom. The molecule has 0 unspecified atom stereocenters. The zero-order valence-corrected chi connectivity index (χ0v) is 15.1. The molecule has 0 aliphatic rings. The highest BCUT2D eigenvalue weighted by molar-refractivity contribution is 6.30. The van der Waals surface area contributed by atoms with Crippen LogP contribution in [0.5, 0.6) is 0 Å². The van der Waals surface area contributed by atoms with E-state index in [0.717, 1.165) is 12.0 Å². The van der Waals surface area contributed by atoms with Gasteiger partial charge in [0.05, 0.1) is 12.5 Å². The third kappa shape index (κ3) is 6.32. The van der Waals surface area contributed by atoms with Crippen molar-refractivity contribution in [1.29, 1.82) is 0 Å². The predicted octanol–water partition coefficient (Wildman–Crippen LogP) is 2.56. The third-order valence-corrected chi connectivity index (χ3v) is 3.69. The van der Waals surface area contributed by atoms with Crippen LogP contribution in [-0.2, 0) is 16.0 Å². The number of nitrogens with zero attached hydrogens (tertiary/aromatic N) is 1. The molecule has 1 aromatic heterocycles. The Labute approximate surface area is 151 Å². The summed E-state index contributed by atoms with van der Waals surface area (Å²) in [6.45, 7) is 5.03. The average Bonchev–Trinajstić information content (AvgIpc) is 2.57. The molecule has 6 nitrogen and oxygen atoms in total.